The lowest BCUT2D eigenvalue weighted by molar-refractivity contribution is 0.0906. The number of likely N-dealkylation sites (tertiary alicyclic amines) is 1. The van der Waals surface area contributed by atoms with E-state index in [4.69, 9.17) is 11.6 Å². The molecule has 18 heavy (non-hydrogen) atoms. The first-order valence-electron chi connectivity index (χ1n) is 6.33. The molecule has 1 atom stereocenters. The summed E-state index contributed by atoms with van der Waals surface area (Å²) < 4.78 is 0. The van der Waals surface area contributed by atoms with Gasteiger partial charge in [-0.25, -0.2) is 0 Å². The van der Waals surface area contributed by atoms with Crippen LogP contribution in [0.4, 0.5) is 0 Å². The standard InChI is InChI=1S/C13H18ClN3O/c1-2-17-7-3-4-10(9-17)16-13(18)11-5-6-15-8-12(11)14/h5-6,8,10H,2-4,7,9H2,1H3,(H,16,18). The fraction of sp³-hybridized carbons (Fsp3) is 0.538. The zero-order valence-electron chi connectivity index (χ0n) is 10.5. The molecule has 1 saturated heterocycles. The number of hydrogen-bond donors (Lipinski definition) is 1. The van der Waals surface area contributed by atoms with Crippen LogP contribution >= 0.6 is 11.6 Å². The summed E-state index contributed by atoms with van der Waals surface area (Å²) in [5.41, 5.74) is 0.500. The molecule has 2 heterocycles. The molecule has 0 aliphatic carbocycles. The van der Waals surface area contributed by atoms with Gasteiger partial charge < -0.3 is 10.2 Å². The Morgan fingerprint density at radius 3 is 3.22 bits per heavy atom. The van der Waals surface area contributed by atoms with Gasteiger partial charge in [-0.1, -0.05) is 18.5 Å². The van der Waals surface area contributed by atoms with E-state index in [-0.39, 0.29) is 11.9 Å². The Balaban J connectivity index is 1.97. The van der Waals surface area contributed by atoms with Gasteiger partial charge >= 0.3 is 0 Å². The van der Waals surface area contributed by atoms with E-state index in [9.17, 15) is 4.79 Å². The largest absolute Gasteiger partial charge is 0.348 e. The summed E-state index contributed by atoms with van der Waals surface area (Å²) in [6.45, 7) is 5.22. The summed E-state index contributed by atoms with van der Waals surface area (Å²) in [6, 6.07) is 1.87. The van der Waals surface area contributed by atoms with E-state index in [2.05, 4.69) is 22.1 Å². The Labute approximate surface area is 112 Å². The van der Waals surface area contributed by atoms with Crippen LogP contribution in [-0.2, 0) is 0 Å². The average Bonchev–Trinajstić information content (AvgIpc) is 2.39. The molecule has 1 amide bonds. The maximum Gasteiger partial charge on any atom is 0.253 e. The minimum atomic E-state index is -0.106. The number of halogens is 1. The van der Waals surface area contributed by atoms with E-state index in [1.807, 2.05) is 0 Å². The Kier molecular flexibility index (Phi) is 4.55. The summed E-state index contributed by atoms with van der Waals surface area (Å²) in [7, 11) is 0. The lowest BCUT2D eigenvalue weighted by Crippen LogP contribution is -2.47. The second-order valence-corrected chi connectivity index (χ2v) is 4.97. The van der Waals surface area contributed by atoms with Crippen molar-refractivity contribution in [2.75, 3.05) is 19.6 Å². The van der Waals surface area contributed by atoms with Crippen molar-refractivity contribution in [3.05, 3.63) is 29.0 Å². The van der Waals surface area contributed by atoms with E-state index < -0.39 is 0 Å². The number of pyridine rings is 1. The van der Waals surface area contributed by atoms with Crippen LogP contribution in [0.3, 0.4) is 0 Å². The number of nitrogens with zero attached hydrogens (tertiary/aromatic N) is 2. The number of carbonyl (C=O) groups excluding carboxylic acids is 1. The number of likely N-dealkylation sites (N-methyl/N-ethyl adjacent to an activating group) is 1. The minimum absolute atomic E-state index is 0.106. The highest BCUT2D eigenvalue weighted by molar-refractivity contribution is 6.33. The van der Waals surface area contributed by atoms with Gasteiger partial charge in [0.25, 0.3) is 5.91 Å². The number of piperidine rings is 1. The predicted molar refractivity (Wildman–Crippen MR) is 71.8 cm³/mol. The molecule has 1 aromatic rings. The molecule has 1 aliphatic heterocycles. The zero-order chi connectivity index (χ0) is 13.0. The maximum atomic E-state index is 12.1. The minimum Gasteiger partial charge on any atom is -0.348 e. The van der Waals surface area contributed by atoms with Crippen LogP contribution < -0.4 is 5.32 Å². The van der Waals surface area contributed by atoms with Gasteiger partial charge in [0.05, 0.1) is 10.6 Å². The molecule has 0 aromatic carbocycles. The summed E-state index contributed by atoms with van der Waals surface area (Å²) in [4.78, 5) is 18.3. The third kappa shape index (κ3) is 3.21. The fourth-order valence-corrected chi connectivity index (χ4v) is 2.49. The maximum absolute atomic E-state index is 12.1. The van der Waals surface area contributed by atoms with Crippen LogP contribution in [-0.4, -0.2) is 41.5 Å². The van der Waals surface area contributed by atoms with Crippen LogP contribution in [0.5, 0.6) is 0 Å². The highest BCUT2D eigenvalue weighted by atomic mass is 35.5. The molecule has 1 unspecified atom stereocenters. The van der Waals surface area contributed by atoms with E-state index in [0.29, 0.717) is 10.6 Å². The highest BCUT2D eigenvalue weighted by Gasteiger charge is 2.21. The molecule has 1 fully saturated rings. The van der Waals surface area contributed by atoms with Crippen LogP contribution in [0.15, 0.2) is 18.5 Å². The van der Waals surface area contributed by atoms with Gasteiger partial charge in [-0.15, -0.1) is 0 Å². The van der Waals surface area contributed by atoms with Gasteiger partial charge in [0.2, 0.25) is 0 Å². The van der Waals surface area contributed by atoms with Crippen LogP contribution in [0.2, 0.25) is 5.02 Å². The van der Waals surface area contributed by atoms with Crippen molar-refractivity contribution in [3.63, 3.8) is 0 Å². The quantitative estimate of drug-likeness (QED) is 0.911. The molecule has 1 aliphatic rings. The van der Waals surface area contributed by atoms with Crippen molar-refractivity contribution in [1.82, 2.24) is 15.2 Å². The van der Waals surface area contributed by atoms with Crippen molar-refractivity contribution in [3.8, 4) is 0 Å². The normalized spacial score (nSPS) is 20.7. The molecule has 5 heteroatoms. The molecule has 0 saturated carbocycles. The number of nitrogens with one attached hydrogen (secondary N) is 1. The van der Waals surface area contributed by atoms with Gasteiger partial charge in [-0.05, 0) is 32.0 Å². The van der Waals surface area contributed by atoms with Crippen molar-refractivity contribution in [2.45, 2.75) is 25.8 Å². The molecular formula is C13H18ClN3O. The topological polar surface area (TPSA) is 45.2 Å². The molecule has 0 bridgehead atoms. The van der Waals surface area contributed by atoms with E-state index in [0.717, 1.165) is 32.5 Å². The molecule has 0 spiro atoms. The number of rotatable bonds is 3. The Hall–Kier alpha value is -1.13. The first-order valence-corrected chi connectivity index (χ1v) is 6.71. The van der Waals surface area contributed by atoms with Gasteiger partial charge in [-0.3, -0.25) is 9.78 Å². The summed E-state index contributed by atoms with van der Waals surface area (Å²) >= 11 is 5.96. The molecular weight excluding hydrogens is 250 g/mol. The number of amides is 1. The highest BCUT2D eigenvalue weighted by Crippen LogP contribution is 2.15. The molecule has 4 nitrogen and oxygen atoms in total. The van der Waals surface area contributed by atoms with Crippen LogP contribution in [0, 0.1) is 0 Å². The Morgan fingerprint density at radius 1 is 1.67 bits per heavy atom. The van der Waals surface area contributed by atoms with Gasteiger partial charge in [0, 0.05) is 25.0 Å². The monoisotopic (exact) mass is 267 g/mol. The number of carbonyl (C=O) groups is 1. The molecule has 1 N–H and O–H groups in total. The van der Waals surface area contributed by atoms with E-state index in [1.165, 1.54) is 6.20 Å². The second-order valence-electron chi connectivity index (χ2n) is 4.56. The molecule has 2 rings (SSSR count). The van der Waals surface area contributed by atoms with Crippen molar-refractivity contribution in [2.24, 2.45) is 0 Å². The van der Waals surface area contributed by atoms with Crippen LogP contribution in [0.25, 0.3) is 0 Å². The predicted octanol–water partition coefficient (Wildman–Crippen LogP) is 1.95. The third-order valence-corrected chi connectivity index (χ3v) is 3.61. The summed E-state index contributed by atoms with van der Waals surface area (Å²) in [6.07, 6.45) is 5.24. The van der Waals surface area contributed by atoms with Crippen molar-refractivity contribution in [1.29, 1.82) is 0 Å². The van der Waals surface area contributed by atoms with E-state index in [1.54, 1.807) is 12.3 Å². The summed E-state index contributed by atoms with van der Waals surface area (Å²) in [5.74, 6) is -0.106. The number of aromatic nitrogens is 1. The average molecular weight is 268 g/mol. The fourth-order valence-electron chi connectivity index (χ4n) is 2.28. The molecule has 98 valence electrons. The smallest absolute Gasteiger partial charge is 0.253 e. The SMILES string of the molecule is CCN1CCCC(NC(=O)c2ccncc2Cl)C1. The second kappa shape index (κ2) is 6.16. The van der Waals surface area contributed by atoms with Gasteiger partial charge in [0.1, 0.15) is 0 Å². The van der Waals surface area contributed by atoms with Crippen LogP contribution in [0.1, 0.15) is 30.1 Å². The third-order valence-electron chi connectivity index (χ3n) is 3.31. The first-order chi connectivity index (χ1) is 8.70. The zero-order valence-corrected chi connectivity index (χ0v) is 11.3. The lowest BCUT2D eigenvalue weighted by atomic mass is 10.1. The molecule has 0 radical (unpaired) electrons. The summed E-state index contributed by atoms with van der Waals surface area (Å²) in [5, 5.41) is 3.45. The molecule has 1 aromatic heterocycles. The van der Waals surface area contributed by atoms with E-state index >= 15 is 0 Å². The number of hydrogen-bond acceptors (Lipinski definition) is 3. The van der Waals surface area contributed by atoms with Crippen molar-refractivity contribution < 1.29 is 4.79 Å². The Morgan fingerprint density at radius 2 is 2.50 bits per heavy atom. The lowest BCUT2D eigenvalue weighted by Gasteiger charge is -2.32. The van der Waals surface area contributed by atoms with Gasteiger partial charge in [0.15, 0.2) is 0 Å². The first kappa shape index (κ1) is 13.3. The van der Waals surface area contributed by atoms with Crippen molar-refractivity contribution >= 4 is 17.5 Å². The Bertz CT molecular complexity index is 424. The van der Waals surface area contributed by atoms with Gasteiger partial charge in [-0.2, -0.15) is 0 Å².